The van der Waals surface area contributed by atoms with Crippen LogP contribution in [0.1, 0.15) is 0 Å². The van der Waals surface area contributed by atoms with Gasteiger partial charge in [-0.1, -0.05) is 29.8 Å². The molecule has 2 aromatic rings. The fourth-order valence-corrected chi connectivity index (χ4v) is 2.23. The van der Waals surface area contributed by atoms with Crippen LogP contribution < -0.4 is 4.72 Å². The summed E-state index contributed by atoms with van der Waals surface area (Å²) in [4.78, 5) is 0.748. The van der Waals surface area contributed by atoms with Gasteiger partial charge in [-0.05, 0) is 36.4 Å². The Kier molecular flexibility index (Phi) is 3.59. The fraction of sp³-hybridized carbons (Fsp3) is 0. The third-order valence-electron chi connectivity index (χ3n) is 2.01. The topological polar surface area (TPSA) is 29.1 Å². The average Bonchev–Trinajstić information content (AvgIpc) is 2.33. The largest absolute Gasteiger partial charge is 0.301 e. The Morgan fingerprint density at radius 1 is 0.938 bits per heavy atom. The van der Waals surface area contributed by atoms with Crippen LogP contribution in [-0.2, 0) is 11.0 Å². The highest BCUT2D eigenvalue weighted by Crippen LogP contribution is 2.15. The minimum atomic E-state index is -1.23. The molecule has 0 aromatic heterocycles. The van der Waals surface area contributed by atoms with Gasteiger partial charge in [-0.15, -0.1) is 0 Å². The van der Waals surface area contributed by atoms with Crippen molar-refractivity contribution in [1.82, 2.24) is 0 Å². The van der Waals surface area contributed by atoms with Gasteiger partial charge in [-0.3, -0.25) is 0 Å². The molecule has 1 unspecified atom stereocenters. The van der Waals surface area contributed by atoms with Gasteiger partial charge in [0.2, 0.25) is 0 Å². The number of benzene rings is 2. The van der Waals surface area contributed by atoms with Crippen LogP contribution in [0.25, 0.3) is 0 Å². The van der Waals surface area contributed by atoms with Crippen LogP contribution in [0.15, 0.2) is 59.5 Å². The highest BCUT2D eigenvalue weighted by atomic mass is 35.5. The Balaban J connectivity index is 2.11. The summed E-state index contributed by atoms with van der Waals surface area (Å²) in [5, 5.41) is 0.663. The van der Waals surface area contributed by atoms with Crippen molar-refractivity contribution in [1.29, 1.82) is 0 Å². The smallest absolute Gasteiger partial charge is 0.150 e. The zero-order valence-electron chi connectivity index (χ0n) is 8.39. The molecule has 2 aromatic carbocycles. The first-order chi connectivity index (χ1) is 7.75. The first-order valence-electron chi connectivity index (χ1n) is 4.75. The number of rotatable bonds is 3. The van der Waals surface area contributed by atoms with E-state index in [4.69, 9.17) is 11.6 Å². The molecule has 0 bridgehead atoms. The highest BCUT2D eigenvalue weighted by molar-refractivity contribution is 7.86. The number of hydrogen-bond acceptors (Lipinski definition) is 1. The van der Waals surface area contributed by atoms with Crippen LogP contribution in [0.2, 0.25) is 5.02 Å². The maximum atomic E-state index is 11.9. The summed E-state index contributed by atoms with van der Waals surface area (Å²) in [5.74, 6) is 0. The molecule has 0 radical (unpaired) electrons. The van der Waals surface area contributed by atoms with Crippen molar-refractivity contribution >= 4 is 28.3 Å². The molecule has 0 heterocycles. The summed E-state index contributed by atoms with van der Waals surface area (Å²) in [6.07, 6.45) is 0. The van der Waals surface area contributed by atoms with E-state index in [9.17, 15) is 4.21 Å². The van der Waals surface area contributed by atoms with Crippen molar-refractivity contribution in [2.24, 2.45) is 0 Å². The van der Waals surface area contributed by atoms with Crippen molar-refractivity contribution in [2.45, 2.75) is 4.90 Å². The van der Waals surface area contributed by atoms with E-state index >= 15 is 0 Å². The minimum absolute atomic E-state index is 0.663. The zero-order chi connectivity index (χ0) is 11.4. The molecule has 0 aliphatic rings. The van der Waals surface area contributed by atoms with Gasteiger partial charge >= 0.3 is 0 Å². The number of nitrogens with one attached hydrogen (secondary N) is 1. The van der Waals surface area contributed by atoms with Crippen LogP contribution in [-0.4, -0.2) is 4.21 Å². The molecular formula is C12H10ClNOS. The summed E-state index contributed by atoms with van der Waals surface area (Å²) >= 11 is 5.76. The van der Waals surface area contributed by atoms with Gasteiger partial charge in [0.05, 0.1) is 4.90 Å². The maximum Gasteiger partial charge on any atom is 0.150 e. The molecule has 2 rings (SSSR count). The summed E-state index contributed by atoms with van der Waals surface area (Å²) in [5.41, 5.74) is 0.784. The molecular weight excluding hydrogens is 242 g/mol. The third-order valence-corrected chi connectivity index (χ3v) is 3.39. The maximum absolute atomic E-state index is 11.9. The Labute approximate surface area is 102 Å². The standard InChI is InChI=1S/C12H10ClNOS/c13-10-6-8-11(9-7-10)14-16(15)12-4-2-1-3-5-12/h1-9,14H. The first kappa shape index (κ1) is 11.2. The zero-order valence-corrected chi connectivity index (χ0v) is 9.96. The lowest BCUT2D eigenvalue weighted by Gasteiger charge is -2.05. The number of anilines is 1. The molecule has 0 fully saturated rings. The number of hydrogen-bond donors (Lipinski definition) is 1. The molecule has 0 spiro atoms. The number of halogens is 1. The van der Waals surface area contributed by atoms with Gasteiger partial charge in [0, 0.05) is 10.7 Å². The molecule has 82 valence electrons. The molecule has 0 saturated heterocycles. The quantitative estimate of drug-likeness (QED) is 0.889. The second-order valence-corrected chi connectivity index (χ2v) is 4.84. The van der Waals surface area contributed by atoms with Crippen LogP contribution in [0.3, 0.4) is 0 Å². The summed E-state index contributed by atoms with van der Waals surface area (Å²) in [6, 6.07) is 16.3. The molecule has 0 aliphatic heterocycles. The molecule has 0 saturated carbocycles. The van der Waals surface area contributed by atoms with E-state index in [-0.39, 0.29) is 0 Å². The van der Waals surface area contributed by atoms with Gasteiger partial charge < -0.3 is 4.72 Å². The monoisotopic (exact) mass is 251 g/mol. The van der Waals surface area contributed by atoms with E-state index < -0.39 is 11.0 Å². The third kappa shape index (κ3) is 2.84. The van der Waals surface area contributed by atoms with E-state index in [1.807, 2.05) is 30.3 Å². The van der Waals surface area contributed by atoms with E-state index in [0.717, 1.165) is 10.6 Å². The van der Waals surface area contributed by atoms with Crippen molar-refractivity contribution < 1.29 is 4.21 Å². The van der Waals surface area contributed by atoms with E-state index in [1.54, 1.807) is 24.3 Å². The van der Waals surface area contributed by atoms with Crippen LogP contribution >= 0.6 is 11.6 Å². The molecule has 2 nitrogen and oxygen atoms in total. The van der Waals surface area contributed by atoms with Gasteiger partial charge in [0.25, 0.3) is 0 Å². The van der Waals surface area contributed by atoms with Gasteiger partial charge in [0.15, 0.2) is 0 Å². The molecule has 4 heteroatoms. The van der Waals surface area contributed by atoms with Crippen LogP contribution in [0.5, 0.6) is 0 Å². The molecule has 0 amide bonds. The van der Waals surface area contributed by atoms with Crippen LogP contribution in [0.4, 0.5) is 5.69 Å². The van der Waals surface area contributed by atoms with Crippen molar-refractivity contribution in [3.63, 3.8) is 0 Å². The normalized spacial score (nSPS) is 12.1. The average molecular weight is 252 g/mol. The molecule has 16 heavy (non-hydrogen) atoms. The Bertz CT molecular complexity index is 484. The van der Waals surface area contributed by atoms with Gasteiger partial charge in [-0.2, -0.15) is 0 Å². The van der Waals surface area contributed by atoms with E-state index in [2.05, 4.69) is 4.72 Å². The lowest BCUT2D eigenvalue weighted by atomic mass is 10.3. The Hall–Kier alpha value is -1.32. The summed E-state index contributed by atoms with van der Waals surface area (Å²) < 4.78 is 14.8. The van der Waals surface area contributed by atoms with Gasteiger partial charge in [-0.25, -0.2) is 4.21 Å². The summed E-state index contributed by atoms with van der Waals surface area (Å²) in [6.45, 7) is 0. The van der Waals surface area contributed by atoms with E-state index in [0.29, 0.717) is 5.02 Å². The predicted octanol–water partition coefficient (Wildman–Crippen LogP) is 3.47. The minimum Gasteiger partial charge on any atom is -0.301 e. The second kappa shape index (κ2) is 5.14. The summed E-state index contributed by atoms with van der Waals surface area (Å²) in [7, 11) is -1.23. The van der Waals surface area contributed by atoms with Crippen LogP contribution in [0, 0.1) is 0 Å². The first-order valence-corrected chi connectivity index (χ1v) is 6.27. The lowest BCUT2D eigenvalue weighted by Crippen LogP contribution is -2.04. The van der Waals surface area contributed by atoms with Crippen molar-refractivity contribution in [3.05, 3.63) is 59.6 Å². The molecule has 0 aliphatic carbocycles. The van der Waals surface area contributed by atoms with Crippen molar-refractivity contribution in [3.8, 4) is 0 Å². The SMILES string of the molecule is O=S(Nc1ccc(Cl)cc1)c1ccccc1. The molecule has 1 N–H and O–H groups in total. The van der Waals surface area contributed by atoms with E-state index in [1.165, 1.54) is 0 Å². The highest BCUT2D eigenvalue weighted by Gasteiger charge is 2.02. The second-order valence-electron chi connectivity index (χ2n) is 3.19. The van der Waals surface area contributed by atoms with Crippen molar-refractivity contribution in [2.75, 3.05) is 4.72 Å². The lowest BCUT2D eigenvalue weighted by molar-refractivity contribution is 0.686. The Morgan fingerprint density at radius 2 is 1.56 bits per heavy atom. The fourth-order valence-electron chi connectivity index (χ4n) is 1.23. The molecule has 1 atom stereocenters. The predicted molar refractivity (Wildman–Crippen MR) is 67.9 cm³/mol. The van der Waals surface area contributed by atoms with Gasteiger partial charge in [0.1, 0.15) is 11.0 Å². The Morgan fingerprint density at radius 3 is 2.19 bits per heavy atom.